The van der Waals surface area contributed by atoms with Crippen LogP contribution in [0.5, 0.6) is 0 Å². The molecule has 0 saturated carbocycles. The number of aromatic nitrogens is 2. The van der Waals surface area contributed by atoms with Crippen molar-refractivity contribution in [2.45, 2.75) is 13.0 Å². The molecule has 0 aliphatic carbocycles. The molecule has 0 aliphatic heterocycles. The van der Waals surface area contributed by atoms with Gasteiger partial charge in [0.2, 0.25) is 0 Å². The van der Waals surface area contributed by atoms with Crippen molar-refractivity contribution in [3.63, 3.8) is 0 Å². The SMILES string of the molecule is CC(NCCO)c1nc2ccc(Cl)cc2n1C. The van der Waals surface area contributed by atoms with Gasteiger partial charge in [0, 0.05) is 18.6 Å². The third kappa shape index (κ3) is 2.44. The minimum Gasteiger partial charge on any atom is -0.395 e. The van der Waals surface area contributed by atoms with Gasteiger partial charge in [0.05, 0.1) is 23.7 Å². The highest BCUT2D eigenvalue weighted by atomic mass is 35.5. The van der Waals surface area contributed by atoms with Crippen molar-refractivity contribution in [2.75, 3.05) is 13.2 Å². The number of hydrogen-bond donors (Lipinski definition) is 2. The molecule has 0 amide bonds. The Bertz CT molecular complexity index is 524. The van der Waals surface area contributed by atoms with Gasteiger partial charge in [-0.05, 0) is 25.1 Å². The molecule has 0 fully saturated rings. The number of nitrogens with zero attached hydrogens (tertiary/aromatic N) is 2. The number of aryl methyl sites for hydroxylation is 1. The van der Waals surface area contributed by atoms with Crippen LogP contribution in [0.4, 0.5) is 0 Å². The first-order valence-electron chi connectivity index (χ1n) is 5.59. The van der Waals surface area contributed by atoms with Crippen molar-refractivity contribution in [3.8, 4) is 0 Å². The van der Waals surface area contributed by atoms with Gasteiger partial charge in [-0.15, -0.1) is 0 Å². The van der Waals surface area contributed by atoms with Crippen molar-refractivity contribution in [2.24, 2.45) is 7.05 Å². The van der Waals surface area contributed by atoms with Crippen LogP contribution in [0.15, 0.2) is 18.2 Å². The van der Waals surface area contributed by atoms with E-state index in [0.717, 1.165) is 16.9 Å². The van der Waals surface area contributed by atoms with Crippen LogP contribution in [-0.4, -0.2) is 27.8 Å². The molecule has 2 rings (SSSR count). The molecule has 2 N–H and O–H groups in total. The Labute approximate surface area is 105 Å². The average Bonchev–Trinajstić information content (AvgIpc) is 2.64. The predicted octanol–water partition coefficient (Wildman–Crippen LogP) is 1.87. The molecular formula is C12H16ClN3O. The smallest absolute Gasteiger partial charge is 0.126 e. The average molecular weight is 254 g/mol. The first-order valence-corrected chi connectivity index (χ1v) is 5.97. The van der Waals surface area contributed by atoms with E-state index in [9.17, 15) is 0 Å². The third-order valence-electron chi connectivity index (χ3n) is 2.83. The van der Waals surface area contributed by atoms with E-state index in [2.05, 4.69) is 10.3 Å². The molecule has 1 heterocycles. The molecule has 4 nitrogen and oxygen atoms in total. The van der Waals surface area contributed by atoms with E-state index in [4.69, 9.17) is 16.7 Å². The number of hydrogen-bond acceptors (Lipinski definition) is 3. The topological polar surface area (TPSA) is 50.1 Å². The van der Waals surface area contributed by atoms with Crippen molar-refractivity contribution < 1.29 is 5.11 Å². The van der Waals surface area contributed by atoms with Crippen LogP contribution >= 0.6 is 11.6 Å². The van der Waals surface area contributed by atoms with Crippen LogP contribution in [0.3, 0.4) is 0 Å². The van der Waals surface area contributed by atoms with Gasteiger partial charge in [-0.2, -0.15) is 0 Å². The fourth-order valence-corrected chi connectivity index (χ4v) is 2.11. The Balaban J connectivity index is 2.38. The summed E-state index contributed by atoms with van der Waals surface area (Å²) < 4.78 is 2.02. The summed E-state index contributed by atoms with van der Waals surface area (Å²) in [4.78, 5) is 4.57. The normalized spacial score (nSPS) is 13.2. The Morgan fingerprint density at radius 2 is 2.29 bits per heavy atom. The third-order valence-corrected chi connectivity index (χ3v) is 3.06. The van der Waals surface area contributed by atoms with Crippen LogP contribution in [0.1, 0.15) is 18.8 Å². The van der Waals surface area contributed by atoms with Gasteiger partial charge in [-0.25, -0.2) is 4.98 Å². The maximum absolute atomic E-state index is 8.80. The Kier molecular flexibility index (Phi) is 3.66. The highest BCUT2D eigenvalue weighted by Crippen LogP contribution is 2.22. The summed E-state index contributed by atoms with van der Waals surface area (Å²) >= 11 is 5.97. The Morgan fingerprint density at radius 1 is 1.53 bits per heavy atom. The number of imidazole rings is 1. The van der Waals surface area contributed by atoms with Crippen molar-refractivity contribution >= 4 is 22.6 Å². The second kappa shape index (κ2) is 5.04. The zero-order chi connectivity index (χ0) is 12.4. The van der Waals surface area contributed by atoms with E-state index in [1.54, 1.807) is 0 Å². The predicted molar refractivity (Wildman–Crippen MR) is 69.2 cm³/mol. The van der Waals surface area contributed by atoms with Crippen LogP contribution < -0.4 is 5.32 Å². The van der Waals surface area contributed by atoms with E-state index < -0.39 is 0 Å². The summed E-state index contributed by atoms with van der Waals surface area (Å²) in [5, 5.41) is 12.7. The van der Waals surface area contributed by atoms with E-state index in [1.807, 2.05) is 36.7 Å². The first kappa shape index (κ1) is 12.4. The number of nitrogens with one attached hydrogen (secondary N) is 1. The van der Waals surface area contributed by atoms with Gasteiger partial charge in [0.15, 0.2) is 0 Å². The minimum absolute atomic E-state index is 0.0957. The van der Waals surface area contributed by atoms with E-state index in [-0.39, 0.29) is 12.6 Å². The summed E-state index contributed by atoms with van der Waals surface area (Å²) in [7, 11) is 1.97. The summed E-state index contributed by atoms with van der Waals surface area (Å²) in [5.74, 6) is 0.940. The molecule has 0 spiro atoms. The minimum atomic E-state index is 0.0957. The highest BCUT2D eigenvalue weighted by Gasteiger charge is 2.13. The fraction of sp³-hybridized carbons (Fsp3) is 0.417. The van der Waals surface area contributed by atoms with Crippen LogP contribution in [0, 0.1) is 0 Å². The van der Waals surface area contributed by atoms with Gasteiger partial charge in [-0.3, -0.25) is 0 Å². The van der Waals surface area contributed by atoms with Gasteiger partial charge in [0.1, 0.15) is 5.82 Å². The second-order valence-electron chi connectivity index (χ2n) is 4.06. The van der Waals surface area contributed by atoms with Crippen LogP contribution in [-0.2, 0) is 7.05 Å². The lowest BCUT2D eigenvalue weighted by Crippen LogP contribution is -2.24. The molecule has 0 radical (unpaired) electrons. The second-order valence-corrected chi connectivity index (χ2v) is 4.50. The van der Waals surface area contributed by atoms with Crippen molar-refractivity contribution in [3.05, 3.63) is 29.0 Å². The number of rotatable bonds is 4. The summed E-state index contributed by atoms with van der Waals surface area (Å²) in [6, 6.07) is 5.76. The zero-order valence-corrected chi connectivity index (χ0v) is 10.7. The summed E-state index contributed by atoms with van der Waals surface area (Å²) in [6.45, 7) is 2.71. The van der Waals surface area contributed by atoms with Crippen LogP contribution in [0.25, 0.3) is 11.0 Å². The Hall–Kier alpha value is -1.10. The quantitative estimate of drug-likeness (QED) is 0.875. The molecule has 1 aromatic heterocycles. The molecule has 1 atom stereocenters. The van der Waals surface area contributed by atoms with E-state index in [1.165, 1.54) is 0 Å². The van der Waals surface area contributed by atoms with Gasteiger partial charge < -0.3 is 15.0 Å². The lowest BCUT2D eigenvalue weighted by atomic mass is 10.3. The number of fused-ring (bicyclic) bond motifs is 1. The number of benzene rings is 1. The van der Waals surface area contributed by atoms with Gasteiger partial charge >= 0.3 is 0 Å². The molecule has 5 heteroatoms. The summed E-state index contributed by atoms with van der Waals surface area (Å²) in [5.41, 5.74) is 1.95. The number of halogens is 1. The molecule has 1 unspecified atom stereocenters. The lowest BCUT2D eigenvalue weighted by molar-refractivity contribution is 0.285. The monoisotopic (exact) mass is 253 g/mol. The molecule has 0 aliphatic rings. The standard InChI is InChI=1S/C12H16ClN3O/c1-8(14-5-6-17)12-15-10-4-3-9(13)7-11(10)16(12)2/h3-4,7-8,14,17H,5-6H2,1-2H3. The van der Waals surface area contributed by atoms with E-state index >= 15 is 0 Å². The molecule has 92 valence electrons. The molecule has 1 aromatic carbocycles. The highest BCUT2D eigenvalue weighted by molar-refractivity contribution is 6.31. The largest absolute Gasteiger partial charge is 0.395 e. The molecule has 2 aromatic rings. The van der Waals surface area contributed by atoms with Gasteiger partial charge in [-0.1, -0.05) is 11.6 Å². The number of aliphatic hydroxyl groups excluding tert-OH is 1. The maximum atomic E-state index is 8.80. The van der Waals surface area contributed by atoms with E-state index in [0.29, 0.717) is 11.6 Å². The fourth-order valence-electron chi connectivity index (χ4n) is 1.94. The Morgan fingerprint density at radius 3 is 3.00 bits per heavy atom. The van der Waals surface area contributed by atoms with Crippen molar-refractivity contribution in [1.29, 1.82) is 0 Å². The molecule has 0 saturated heterocycles. The number of aliphatic hydroxyl groups is 1. The summed E-state index contributed by atoms with van der Waals surface area (Å²) in [6.07, 6.45) is 0. The molecule has 17 heavy (non-hydrogen) atoms. The first-order chi connectivity index (χ1) is 8.13. The molecule has 0 bridgehead atoms. The zero-order valence-electron chi connectivity index (χ0n) is 9.94. The van der Waals surface area contributed by atoms with Crippen molar-refractivity contribution in [1.82, 2.24) is 14.9 Å². The maximum Gasteiger partial charge on any atom is 0.126 e. The van der Waals surface area contributed by atoms with Crippen LogP contribution in [0.2, 0.25) is 5.02 Å². The lowest BCUT2D eigenvalue weighted by Gasteiger charge is -2.12. The van der Waals surface area contributed by atoms with Gasteiger partial charge in [0.25, 0.3) is 0 Å². The molecular weight excluding hydrogens is 238 g/mol.